The van der Waals surface area contributed by atoms with E-state index in [4.69, 9.17) is 14.2 Å². The van der Waals surface area contributed by atoms with Gasteiger partial charge in [-0.15, -0.1) is 0 Å². The molecule has 0 fully saturated rings. The van der Waals surface area contributed by atoms with Gasteiger partial charge in [0.15, 0.2) is 23.1 Å². The Kier molecular flexibility index (Phi) is 7.57. The summed E-state index contributed by atoms with van der Waals surface area (Å²) >= 11 is 0. The third-order valence-corrected chi connectivity index (χ3v) is 4.23. The number of methoxy groups -OCH3 is 3. The van der Waals surface area contributed by atoms with E-state index in [1.807, 2.05) is 0 Å². The number of ether oxygens (including phenoxy) is 3. The molecular formula is C20H24F2N2O4. The monoisotopic (exact) mass is 394 g/mol. The molecule has 0 unspecified atom stereocenters. The number of carbonyl (C=O) groups excluding carboxylic acids is 1. The van der Waals surface area contributed by atoms with Gasteiger partial charge in [-0.25, -0.2) is 8.78 Å². The fourth-order valence-corrected chi connectivity index (χ4v) is 2.65. The third-order valence-electron chi connectivity index (χ3n) is 4.23. The van der Waals surface area contributed by atoms with Crippen molar-refractivity contribution in [3.8, 4) is 17.2 Å². The van der Waals surface area contributed by atoms with E-state index in [9.17, 15) is 13.6 Å². The number of rotatable bonds is 9. The maximum absolute atomic E-state index is 13.3. The second-order valence-corrected chi connectivity index (χ2v) is 6.09. The maximum Gasteiger partial charge on any atom is 0.234 e. The standard InChI is InChI=1S/C20H24F2N2O4/c1-12(14-5-6-15(21)16(22)9-14)23-11-19(25)24-10-13-7-17(26-2)20(28-4)18(8-13)27-3/h5-9,12,23H,10-11H2,1-4H3,(H,24,25)/t12-/m0/s1. The molecule has 0 bridgehead atoms. The van der Waals surface area contributed by atoms with Crippen molar-refractivity contribution in [2.24, 2.45) is 0 Å². The van der Waals surface area contributed by atoms with E-state index in [1.165, 1.54) is 27.4 Å². The average molecular weight is 394 g/mol. The van der Waals surface area contributed by atoms with Crippen LogP contribution in [-0.4, -0.2) is 33.8 Å². The van der Waals surface area contributed by atoms with E-state index in [0.717, 1.165) is 17.7 Å². The molecule has 2 rings (SSSR count). The zero-order chi connectivity index (χ0) is 20.7. The summed E-state index contributed by atoms with van der Waals surface area (Å²) in [6.45, 7) is 2.04. The van der Waals surface area contributed by atoms with Crippen LogP contribution in [0.25, 0.3) is 0 Å². The first kappa shape index (κ1) is 21.4. The number of halogens is 2. The minimum Gasteiger partial charge on any atom is -0.493 e. The van der Waals surface area contributed by atoms with Gasteiger partial charge in [-0.1, -0.05) is 6.07 Å². The minimum atomic E-state index is -0.919. The second kappa shape index (κ2) is 9.89. The van der Waals surface area contributed by atoms with Crippen LogP contribution < -0.4 is 24.8 Å². The summed E-state index contributed by atoms with van der Waals surface area (Å²) in [6.07, 6.45) is 0. The fraction of sp³-hybridized carbons (Fsp3) is 0.350. The lowest BCUT2D eigenvalue weighted by atomic mass is 10.1. The molecule has 0 aromatic heterocycles. The molecule has 2 aromatic carbocycles. The van der Waals surface area contributed by atoms with E-state index in [2.05, 4.69) is 10.6 Å². The Labute approximate surface area is 162 Å². The number of carbonyl (C=O) groups is 1. The molecule has 6 nitrogen and oxygen atoms in total. The van der Waals surface area contributed by atoms with Crippen molar-refractivity contribution in [2.45, 2.75) is 19.5 Å². The average Bonchev–Trinajstić information content (AvgIpc) is 2.71. The van der Waals surface area contributed by atoms with Crippen LogP contribution in [0.4, 0.5) is 8.78 Å². The van der Waals surface area contributed by atoms with E-state index < -0.39 is 11.6 Å². The predicted octanol–water partition coefficient (Wildman–Crippen LogP) is 2.96. The Morgan fingerprint density at radius 3 is 2.18 bits per heavy atom. The van der Waals surface area contributed by atoms with Gasteiger partial charge < -0.3 is 24.8 Å². The molecule has 0 heterocycles. The second-order valence-electron chi connectivity index (χ2n) is 6.09. The van der Waals surface area contributed by atoms with Gasteiger partial charge >= 0.3 is 0 Å². The first-order valence-corrected chi connectivity index (χ1v) is 8.63. The zero-order valence-corrected chi connectivity index (χ0v) is 16.3. The van der Waals surface area contributed by atoms with Crippen molar-refractivity contribution in [1.29, 1.82) is 0 Å². The Morgan fingerprint density at radius 1 is 1.00 bits per heavy atom. The smallest absolute Gasteiger partial charge is 0.234 e. The molecule has 2 aromatic rings. The van der Waals surface area contributed by atoms with Crippen molar-refractivity contribution < 1.29 is 27.8 Å². The number of hydrogen-bond donors (Lipinski definition) is 2. The molecule has 152 valence electrons. The lowest BCUT2D eigenvalue weighted by molar-refractivity contribution is -0.120. The van der Waals surface area contributed by atoms with Gasteiger partial charge in [-0.2, -0.15) is 0 Å². The number of benzene rings is 2. The SMILES string of the molecule is COc1cc(CNC(=O)CN[C@@H](C)c2ccc(F)c(F)c2)cc(OC)c1OC. The molecule has 0 aliphatic rings. The van der Waals surface area contributed by atoms with Crippen LogP contribution in [0.15, 0.2) is 30.3 Å². The molecule has 1 atom stereocenters. The zero-order valence-electron chi connectivity index (χ0n) is 16.3. The molecular weight excluding hydrogens is 370 g/mol. The van der Waals surface area contributed by atoms with Crippen LogP contribution in [0.2, 0.25) is 0 Å². The van der Waals surface area contributed by atoms with E-state index in [1.54, 1.807) is 19.1 Å². The Balaban J connectivity index is 1.92. The molecule has 0 aliphatic heterocycles. The van der Waals surface area contributed by atoms with Crippen molar-refractivity contribution in [2.75, 3.05) is 27.9 Å². The van der Waals surface area contributed by atoms with Crippen molar-refractivity contribution in [1.82, 2.24) is 10.6 Å². The highest BCUT2D eigenvalue weighted by atomic mass is 19.2. The highest BCUT2D eigenvalue weighted by Gasteiger charge is 2.14. The largest absolute Gasteiger partial charge is 0.493 e. The van der Waals surface area contributed by atoms with Gasteiger partial charge in [-0.05, 0) is 42.3 Å². The van der Waals surface area contributed by atoms with Crippen LogP contribution in [0.5, 0.6) is 17.2 Å². The number of hydrogen-bond acceptors (Lipinski definition) is 5. The van der Waals surface area contributed by atoms with Crippen LogP contribution in [-0.2, 0) is 11.3 Å². The summed E-state index contributed by atoms with van der Waals surface area (Å²) in [5, 5.41) is 5.75. The normalized spacial score (nSPS) is 11.6. The number of nitrogens with one attached hydrogen (secondary N) is 2. The Morgan fingerprint density at radius 2 is 1.64 bits per heavy atom. The first-order valence-electron chi connectivity index (χ1n) is 8.63. The summed E-state index contributed by atoms with van der Waals surface area (Å²) in [5.74, 6) is -0.602. The quantitative estimate of drug-likeness (QED) is 0.685. The van der Waals surface area contributed by atoms with Crippen molar-refractivity contribution in [3.05, 3.63) is 53.1 Å². The van der Waals surface area contributed by atoms with E-state index in [0.29, 0.717) is 22.8 Å². The van der Waals surface area contributed by atoms with Crippen LogP contribution in [0, 0.1) is 11.6 Å². The summed E-state index contributed by atoms with van der Waals surface area (Å²) in [7, 11) is 4.55. The summed E-state index contributed by atoms with van der Waals surface area (Å²) in [5.41, 5.74) is 1.33. The summed E-state index contributed by atoms with van der Waals surface area (Å²) in [4.78, 5) is 12.1. The van der Waals surface area contributed by atoms with E-state index >= 15 is 0 Å². The van der Waals surface area contributed by atoms with Crippen molar-refractivity contribution >= 4 is 5.91 Å². The van der Waals surface area contributed by atoms with Gasteiger partial charge in [0.05, 0.1) is 27.9 Å². The molecule has 8 heteroatoms. The van der Waals surface area contributed by atoms with Gasteiger partial charge in [0.2, 0.25) is 11.7 Å². The van der Waals surface area contributed by atoms with Crippen LogP contribution >= 0.6 is 0 Å². The Hall–Kier alpha value is -2.87. The maximum atomic E-state index is 13.3. The highest BCUT2D eigenvalue weighted by Crippen LogP contribution is 2.38. The predicted molar refractivity (Wildman–Crippen MR) is 101 cm³/mol. The molecule has 2 N–H and O–H groups in total. The topological polar surface area (TPSA) is 68.8 Å². The highest BCUT2D eigenvalue weighted by molar-refractivity contribution is 5.78. The molecule has 1 amide bonds. The van der Waals surface area contributed by atoms with Crippen LogP contribution in [0.1, 0.15) is 24.1 Å². The van der Waals surface area contributed by atoms with Gasteiger partial charge in [0.25, 0.3) is 0 Å². The lowest BCUT2D eigenvalue weighted by Gasteiger charge is -2.16. The molecule has 0 aliphatic carbocycles. The van der Waals surface area contributed by atoms with Crippen LogP contribution in [0.3, 0.4) is 0 Å². The third kappa shape index (κ3) is 5.32. The van der Waals surface area contributed by atoms with Gasteiger partial charge in [0.1, 0.15) is 0 Å². The molecule has 0 saturated carbocycles. The summed E-state index contributed by atoms with van der Waals surface area (Å²) in [6, 6.07) is 6.83. The Bertz CT molecular complexity index is 805. The number of amides is 1. The fourth-order valence-electron chi connectivity index (χ4n) is 2.65. The van der Waals surface area contributed by atoms with Crippen molar-refractivity contribution in [3.63, 3.8) is 0 Å². The van der Waals surface area contributed by atoms with Gasteiger partial charge in [0, 0.05) is 12.6 Å². The summed E-state index contributed by atoms with van der Waals surface area (Å²) < 4.78 is 42.2. The first-order chi connectivity index (χ1) is 13.4. The van der Waals surface area contributed by atoms with Gasteiger partial charge in [-0.3, -0.25) is 4.79 Å². The molecule has 0 saturated heterocycles. The molecule has 28 heavy (non-hydrogen) atoms. The minimum absolute atomic E-state index is 0.0184. The van der Waals surface area contributed by atoms with E-state index in [-0.39, 0.29) is 25.0 Å². The lowest BCUT2D eigenvalue weighted by Crippen LogP contribution is -2.34. The molecule has 0 spiro atoms. The molecule has 0 radical (unpaired) electrons.